The SMILES string of the molecule is O=C(Nc1ccc(SCc2cccnc2)cc1)C1CCN(C(=O)CCOc2ccccc2)CC1. The fraction of sp³-hybridized carbons (Fsp3) is 0.296. The maximum atomic E-state index is 12.7. The van der Waals surface area contributed by atoms with E-state index < -0.39 is 0 Å². The number of hydrogen-bond acceptors (Lipinski definition) is 5. The Morgan fingerprint density at radius 1 is 1.00 bits per heavy atom. The van der Waals surface area contributed by atoms with Gasteiger partial charge in [0.25, 0.3) is 0 Å². The van der Waals surface area contributed by atoms with Gasteiger partial charge < -0.3 is 15.0 Å². The molecule has 6 nitrogen and oxygen atoms in total. The lowest BCUT2D eigenvalue weighted by Crippen LogP contribution is -2.41. The van der Waals surface area contributed by atoms with Crippen molar-refractivity contribution >= 4 is 29.3 Å². The van der Waals surface area contributed by atoms with Gasteiger partial charge in [-0.3, -0.25) is 14.6 Å². The van der Waals surface area contributed by atoms with Gasteiger partial charge in [-0.15, -0.1) is 11.8 Å². The van der Waals surface area contributed by atoms with Crippen molar-refractivity contribution in [3.05, 3.63) is 84.7 Å². The number of piperidine rings is 1. The highest BCUT2D eigenvalue weighted by molar-refractivity contribution is 7.98. The molecule has 0 radical (unpaired) electrons. The first-order valence-corrected chi connectivity index (χ1v) is 12.5. The predicted octanol–water partition coefficient (Wildman–Crippen LogP) is 5.02. The molecular formula is C27H29N3O3S. The molecule has 7 heteroatoms. The number of aromatic nitrogens is 1. The van der Waals surface area contributed by atoms with Crippen LogP contribution in [0, 0.1) is 5.92 Å². The number of carbonyl (C=O) groups is 2. The van der Waals surface area contributed by atoms with Crippen molar-refractivity contribution in [3.63, 3.8) is 0 Å². The molecule has 1 aromatic heterocycles. The Bertz CT molecular complexity index is 1050. The molecule has 2 amide bonds. The van der Waals surface area contributed by atoms with Crippen LogP contribution in [-0.2, 0) is 15.3 Å². The molecule has 1 saturated heterocycles. The molecule has 34 heavy (non-hydrogen) atoms. The second-order valence-corrected chi connectivity index (χ2v) is 9.28. The van der Waals surface area contributed by atoms with Crippen molar-refractivity contribution in [2.24, 2.45) is 5.92 Å². The van der Waals surface area contributed by atoms with Gasteiger partial charge in [0, 0.05) is 47.7 Å². The van der Waals surface area contributed by atoms with Crippen molar-refractivity contribution in [1.29, 1.82) is 0 Å². The zero-order valence-corrected chi connectivity index (χ0v) is 19.9. The number of nitrogens with zero attached hydrogens (tertiary/aromatic N) is 2. The van der Waals surface area contributed by atoms with Crippen LogP contribution in [0.4, 0.5) is 5.69 Å². The lowest BCUT2D eigenvalue weighted by atomic mass is 9.95. The highest BCUT2D eigenvalue weighted by Gasteiger charge is 2.27. The summed E-state index contributed by atoms with van der Waals surface area (Å²) in [4.78, 5) is 32.3. The number of para-hydroxylation sites is 1. The van der Waals surface area contributed by atoms with Gasteiger partial charge in [0.1, 0.15) is 5.75 Å². The second-order valence-electron chi connectivity index (χ2n) is 8.23. The highest BCUT2D eigenvalue weighted by Crippen LogP contribution is 2.25. The molecule has 2 heterocycles. The molecule has 0 spiro atoms. The van der Waals surface area contributed by atoms with E-state index >= 15 is 0 Å². The zero-order valence-electron chi connectivity index (χ0n) is 19.1. The summed E-state index contributed by atoms with van der Waals surface area (Å²) in [5.41, 5.74) is 1.98. The molecule has 1 fully saturated rings. The van der Waals surface area contributed by atoms with Gasteiger partial charge in [0.15, 0.2) is 0 Å². The molecule has 0 unspecified atom stereocenters. The third-order valence-electron chi connectivity index (χ3n) is 5.80. The van der Waals surface area contributed by atoms with Gasteiger partial charge in [-0.25, -0.2) is 0 Å². The van der Waals surface area contributed by atoms with Crippen LogP contribution >= 0.6 is 11.8 Å². The molecule has 1 N–H and O–H groups in total. The van der Waals surface area contributed by atoms with Crippen molar-refractivity contribution in [2.75, 3.05) is 25.0 Å². The molecule has 2 aromatic carbocycles. The fourth-order valence-electron chi connectivity index (χ4n) is 3.85. The summed E-state index contributed by atoms with van der Waals surface area (Å²) in [6.45, 7) is 1.57. The van der Waals surface area contributed by atoms with E-state index in [1.807, 2.05) is 71.8 Å². The van der Waals surface area contributed by atoms with Crippen LogP contribution < -0.4 is 10.1 Å². The van der Waals surface area contributed by atoms with Crippen LogP contribution in [0.15, 0.2) is 84.0 Å². The first kappa shape index (κ1) is 23.8. The Labute approximate surface area is 204 Å². The Hall–Kier alpha value is -3.32. The summed E-state index contributed by atoms with van der Waals surface area (Å²) in [5.74, 6) is 1.65. The molecule has 1 aliphatic heterocycles. The first-order valence-electron chi connectivity index (χ1n) is 11.6. The third kappa shape index (κ3) is 7.09. The third-order valence-corrected chi connectivity index (χ3v) is 6.88. The topological polar surface area (TPSA) is 71.5 Å². The van der Waals surface area contributed by atoms with Gasteiger partial charge in [-0.05, 0) is 60.9 Å². The van der Waals surface area contributed by atoms with Crippen LogP contribution in [-0.4, -0.2) is 41.4 Å². The van der Waals surface area contributed by atoms with Crippen LogP contribution in [0.5, 0.6) is 5.75 Å². The van der Waals surface area contributed by atoms with Crippen LogP contribution in [0.25, 0.3) is 0 Å². The monoisotopic (exact) mass is 475 g/mol. The van der Waals surface area contributed by atoms with E-state index in [1.165, 1.54) is 5.56 Å². The number of nitrogens with one attached hydrogen (secondary N) is 1. The van der Waals surface area contributed by atoms with Crippen molar-refractivity contribution < 1.29 is 14.3 Å². The van der Waals surface area contributed by atoms with Gasteiger partial charge >= 0.3 is 0 Å². The van der Waals surface area contributed by atoms with Crippen molar-refractivity contribution in [3.8, 4) is 5.75 Å². The second kappa shape index (κ2) is 12.2. The zero-order chi connectivity index (χ0) is 23.6. The first-order chi connectivity index (χ1) is 16.7. The molecule has 0 saturated carbocycles. The number of benzene rings is 2. The predicted molar refractivity (Wildman–Crippen MR) is 135 cm³/mol. The summed E-state index contributed by atoms with van der Waals surface area (Å²) >= 11 is 1.74. The minimum absolute atomic E-state index is 0.0234. The molecule has 3 aromatic rings. The number of rotatable bonds is 9. The standard InChI is InChI=1S/C27H29N3O3S/c31-26(14-18-33-24-6-2-1-3-7-24)30-16-12-22(13-17-30)27(32)29-23-8-10-25(11-9-23)34-20-21-5-4-15-28-19-21/h1-11,15,19,22H,12-14,16-18,20H2,(H,29,32). The van der Waals surface area contributed by atoms with Gasteiger partial charge in [0.2, 0.25) is 11.8 Å². The Kier molecular flexibility index (Phi) is 8.57. The average molecular weight is 476 g/mol. The Morgan fingerprint density at radius 3 is 2.47 bits per heavy atom. The lowest BCUT2D eigenvalue weighted by Gasteiger charge is -2.31. The lowest BCUT2D eigenvalue weighted by molar-refractivity contribution is -0.135. The molecule has 4 rings (SSSR count). The highest BCUT2D eigenvalue weighted by atomic mass is 32.2. The summed E-state index contributed by atoms with van der Waals surface area (Å²) in [6, 6.07) is 21.4. The minimum atomic E-state index is -0.0794. The Balaban J connectivity index is 1.16. The maximum Gasteiger partial charge on any atom is 0.227 e. The number of ether oxygens (including phenoxy) is 1. The van der Waals surface area contributed by atoms with Gasteiger partial charge in [-0.2, -0.15) is 0 Å². The molecule has 176 valence electrons. The minimum Gasteiger partial charge on any atom is -0.493 e. The summed E-state index contributed by atoms with van der Waals surface area (Å²) < 4.78 is 5.62. The number of anilines is 1. The number of carbonyl (C=O) groups excluding carboxylic acids is 2. The van der Waals surface area contributed by atoms with Gasteiger partial charge in [0.05, 0.1) is 13.0 Å². The summed E-state index contributed by atoms with van der Waals surface area (Å²) in [5, 5.41) is 3.03. The van der Waals surface area contributed by atoms with Crippen molar-refractivity contribution in [1.82, 2.24) is 9.88 Å². The van der Waals surface area contributed by atoms with Crippen LogP contribution in [0.2, 0.25) is 0 Å². The van der Waals surface area contributed by atoms with E-state index in [0.717, 1.165) is 22.1 Å². The number of likely N-dealkylation sites (tertiary alicyclic amines) is 1. The molecular weight excluding hydrogens is 446 g/mol. The summed E-state index contributed by atoms with van der Waals surface area (Å²) in [6.07, 6.45) is 5.34. The average Bonchev–Trinajstić information content (AvgIpc) is 2.89. The maximum absolute atomic E-state index is 12.7. The number of thioether (sulfide) groups is 1. The Morgan fingerprint density at radius 2 is 1.76 bits per heavy atom. The van der Waals surface area contributed by atoms with E-state index in [1.54, 1.807) is 18.0 Å². The smallest absolute Gasteiger partial charge is 0.227 e. The number of hydrogen-bond donors (Lipinski definition) is 1. The fourth-order valence-corrected chi connectivity index (χ4v) is 4.68. The molecule has 1 aliphatic rings. The van der Waals surface area contributed by atoms with E-state index in [9.17, 15) is 9.59 Å². The largest absolute Gasteiger partial charge is 0.493 e. The number of pyridine rings is 1. The van der Waals surface area contributed by atoms with E-state index in [2.05, 4.69) is 16.4 Å². The molecule has 0 atom stereocenters. The normalized spacial score (nSPS) is 13.9. The van der Waals surface area contributed by atoms with Crippen molar-refractivity contribution in [2.45, 2.75) is 29.9 Å². The number of amides is 2. The summed E-state index contributed by atoms with van der Waals surface area (Å²) in [7, 11) is 0. The van der Waals surface area contributed by atoms with E-state index in [-0.39, 0.29) is 17.7 Å². The van der Waals surface area contributed by atoms with Gasteiger partial charge in [-0.1, -0.05) is 24.3 Å². The van der Waals surface area contributed by atoms with E-state index in [4.69, 9.17) is 4.74 Å². The molecule has 0 bridgehead atoms. The van der Waals surface area contributed by atoms with Crippen LogP contribution in [0.3, 0.4) is 0 Å². The molecule has 0 aliphatic carbocycles. The quantitative estimate of drug-likeness (QED) is 0.440. The van der Waals surface area contributed by atoms with Crippen LogP contribution in [0.1, 0.15) is 24.8 Å². The van der Waals surface area contributed by atoms with E-state index in [0.29, 0.717) is 39.0 Å².